The molecule has 0 amide bonds. The zero-order valence-corrected chi connectivity index (χ0v) is 22.3. The molecule has 1 unspecified atom stereocenters. The van der Waals surface area contributed by atoms with Gasteiger partial charge in [-0.15, -0.1) is 11.3 Å². The molecule has 10 heteroatoms. The molecule has 38 heavy (non-hydrogen) atoms. The number of nitrogens with zero attached hydrogens (tertiary/aromatic N) is 2. The molecule has 0 aliphatic carbocycles. The van der Waals surface area contributed by atoms with Gasteiger partial charge in [0, 0.05) is 4.88 Å². The minimum atomic E-state index is -1.25. The van der Waals surface area contributed by atoms with Gasteiger partial charge in [-0.05, 0) is 49.6 Å². The van der Waals surface area contributed by atoms with E-state index in [9.17, 15) is 23.6 Å². The predicted molar refractivity (Wildman–Crippen MR) is 143 cm³/mol. The van der Waals surface area contributed by atoms with Gasteiger partial charge >= 0.3 is 11.7 Å². The number of rotatable bonds is 9. The molecule has 2 aromatic carbocycles. The number of carbonyl (C=O) groups excluding carboxylic acids is 2. The van der Waals surface area contributed by atoms with Crippen LogP contribution in [0.5, 0.6) is 5.75 Å². The third-order valence-electron chi connectivity index (χ3n) is 6.38. The average molecular weight is 539 g/mol. The highest BCUT2D eigenvalue weighted by molar-refractivity contribution is 7.18. The number of halogens is 1. The molecule has 0 radical (unpaired) electrons. The SMILES string of the molecule is CCc1sc2c(c1C)c(=O)n(C(C)C(=O)OCc1ccccc1)c(=O)n2CC(=O)c1cc(F)ccc1OC. The van der Waals surface area contributed by atoms with E-state index in [-0.39, 0.29) is 23.3 Å². The first kappa shape index (κ1) is 27.0. The number of methoxy groups -OCH3 is 1. The number of hydrogen-bond acceptors (Lipinski definition) is 7. The topological polar surface area (TPSA) is 96.6 Å². The van der Waals surface area contributed by atoms with Crippen LogP contribution in [0.3, 0.4) is 0 Å². The Balaban J connectivity index is 1.81. The number of benzene rings is 2. The van der Waals surface area contributed by atoms with E-state index in [2.05, 4.69) is 0 Å². The first-order valence-electron chi connectivity index (χ1n) is 12.0. The van der Waals surface area contributed by atoms with Crippen LogP contribution in [0.25, 0.3) is 10.2 Å². The molecule has 0 spiro atoms. The summed E-state index contributed by atoms with van der Waals surface area (Å²) in [7, 11) is 1.35. The van der Waals surface area contributed by atoms with Gasteiger partial charge in [-0.1, -0.05) is 37.3 Å². The molecule has 2 aromatic heterocycles. The quantitative estimate of drug-likeness (QED) is 0.231. The van der Waals surface area contributed by atoms with Crippen molar-refractivity contribution in [2.45, 2.75) is 46.4 Å². The number of ketones is 1. The maximum absolute atomic E-state index is 14.0. The van der Waals surface area contributed by atoms with Crippen LogP contribution in [0.1, 0.15) is 46.3 Å². The minimum absolute atomic E-state index is 0.0233. The molecular formula is C28H27FN2O6S. The van der Waals surface area contributed by atoms with Crippen molar-refractivity contribution in [2.24, 2.45) is 0 Å². The van der Waals surface area contributed by atoms with Crippen molar-refractivity contribution in [3.05, 3.63) is 96.8 Å². The second-order valence-corrected chi connectivity index (χ2v) is 9.85. The molecule has 0 saturated heterocycles. The molecule has 4 aromatic rings. The Hall–Kier alpha value is -4.05. The molecule has 0 aliphatic rings. The van der Waals surface area contributed by atoms with Crippen LogP contribution in [-0.2, 0) is 29.1 Å². The molecule has 0 saturated carbocycles. The number of esters is 1. The minimum Gasteiger partial charge on any atom is -0.496 e. The highest BCUT2D eigenvalue weighted by Crippen LogP contribution is 2.29. The van der Waals surface area contributed by atoms with Gasteiger partial charge in [0.2, 0.25) is 0 Å². The van der Waals surface area contributed by atoms with Crippen molar-refractivity contribution in [2.75, 3.05) is 7.11 Å². The van der Waals surface area contributed by atoms with E-state index in [1.165, 1.54) is 42.1 Å². The molecule has 0 bridgehead atoms. The van der Waals surface area contributed by atoms with E-state index < -0.39 is 41.4 Å². The maximum Gasteiger partial charge on any atom is 0.333 e. The van der Waals surface area contributed by atoms with Crippen molar-refractivity contribution < 1.29 is 23.5 Å². The zero-order valence-electron chi connectivity index (χ0n) is 21.4. The smallest absolute Gasteiger partial charge is 0.333 e. The van der Waals surface area contributed by atoms with Crippen molar-refractivity contribution in [3.8, 4) is 5.75 Å². The van der Waals surface area contributed by atoms with Crippen LogP contribution in [0.2, 0.25) is 0 Å². The summed E-state index contributed by atoms with van der Waals surface area (Å²) < 4.78 is 26.5. The van der Waals surface area contributed by atoms with Gasteiger partial charge in [-0.2, -0.15) is 0 Å². The molecule has 0 fully saturated rings. The fourth-order valence-electron chi connectivity index (χ4n) is 4.31. The average Bonchev–Trinajstić information content (AvgIpc) is 3.26. The molecule has 1 atom stereocenters. The van der Waals surface area contributed by atoms with Crippen LogP contribution in [-0.4, -0.2) is 28.0 Å². The number of carbonyl (C=O) groups is 2. The Kier molecular flexibility index (Phi) is 7.91. The van der Waals surface area contributed by atoms with Crippen molar-refractivity contribution in [1.82, 2.24) is 9.13 Å². The molecule has 8 nitrogen and oxygen atoms in total. The van der Waals surface area contributed by atoms with Gasteiger partial charge in [-0.25, -0.2) is 18.5 Å². The van der Waals surface area contributed by atoms with Gasteiger partial charge < -0.3 is 9.47 Å². The lowest BCUT2D eigenvalue weighted by Crippen LogP contribution is -2.44. The van der Waals surface area contributed by atoms with Crippen LogP contribution in [0.4, 0.5) is 4.39 Å². The molecule has 4 rings (SSSR count). The fourth-order valence-corrected chi connectivity index (χ4v) is 5.54. The normalized spacial score (nSPS) is 11.9. The molecule has 0 aliphatic heterocycles. The Morgan fingerprint density at radius 2 is 1.82 bits per heavy atom. The highest BCUT2D eigenvalue weighted by Gasteiger charge is 2.27. The monoisotopic (exact) mass is 538 g/mol. The standard InChI is InChI=1S/C28H27FN2O6S/c1-5-23-16(2)24-25(33)31(17(3)27(34)37-15-18-9-7-6-8-10-18)28(35)30(26(24)38-23)14-21(32)20-13-19(29)11-12-22(20)36-4/h6-13,17H,5,14-15H2,1-4H3. The molecule has 198 valence electrons. The summed E-state index contributed by atoms with van der Waals surface area (Å²) in [5, 5.41) is 0.258. The largest absolute Gasteiger partial charge is 0.496 e. The van der Waals surface area contributed by atoms with Crippen LogP contribution < -0.4 is 16.0 Å². The highest BCUT2D eigenvalue weighted by atomic mass is 32.1. The lowest BCUT2D eigenvalue weighted by atomic mass is 10.1. The van der Waals surface area contributed by atoms with E-state index in [0.29, 0.717) is 16.8 Å². The summed E-state index contributed by atoms with van der Waals surface area (Å²) in [4.78, 5) is 54.7. The number of fused-ring (bicyclic) bond motifs is 1. The second kappa shape index (κ2) is 11.1. The van der Waals surface area contributed by atoms with E-state index in [0.717, 1.165) is 21.1 Å². The number of aromatic nitrogens is 2. The van der Waals surface area contributed by atoms with Crippen molar-refractivity contribution in [3.63, 3.8) is 0 Å². The Labute approximate surface area is 221 Å². The van der Waals surface area contributed by atoms with Crippen molar-refractivity contribution in [1.29, 1.82) is 0 Å². The summed E-state index contributed by atoms with van der Waals surface area (Å²) in [6.45, 7) is 4.60. The van der Waals surface area contributed by atoms with E-state index >= 15 is 0 Å². The Morgan fingerprint density at radius 1 is 1.11 bits per heavy atom. The molecular weight excluding hydrogens is 511 g/mol. The van der Waals surface area contributed by atoms with Gasteiger partial charge in [0.25, 0.3) is 5.56 Å². The van der Waals surface area contributed by atoms with Crippen LogP contribution in [0.15, 0.2) is 58.1 Å². The fraction of sp³-hybridized carbons (Fsp3) is 0.286. The Morgan fingerprint density at radius 3 is 2.47 bits per heavy atom. The number of thiophene rings is 1. The first-order chi connectivity index (χ1) is 18.2. The summed E-state index contributed by atoms with van der Waals surface area (Å²) in [5.41, 5.74) is -0.0663. The predicted octanol–water partition coefficient (Wildman–Crippen LogP) is 4.43. The van der Waals surface area contributed by atoms with E-state index in [1.54, 1.807) is 31.2 Å². The first-order valence-corrected chi connectivity index (χ1v) is 12.8. The Bertz CT molecular complexity index is 1640. The maximum atomic E-state index is 14.0. The number of Topliss-reactive ketones (excluding diaryl/α,β-unsaturated/α-hetero) is 1. The van der Waals surface area contributed by atoms with Gasteiger partial charge in [-0.3, -0.25) is 14.2 Å². The van der Waals surface area contributed by atoms with E-state index in [4.69, 9.17) is 9.47 Å². The molecule has 0 N–H and O–H groups in total. The number of ether oxygens (including phenoxy) is 2. The van der Waals surface area contributed by atoms with Gasteiger partial charge in [0.1, 0.15) is 29.0 Å². The zero-order chi connectivity index (χ0) is 27.6. The van der Waals surface area contributed by atoms with Crippen LogP contribution >= 0.6 is 11.3 Å². The summed E-state index contributed by atoms with van der Waals surface area (Å²) in [5.74, 6) is -1.82. The van der Waals surface area contributed by atoms with Crippen LogP contribution in [0, 0.1) is 12.7 Å². The lowest BCUT2D eigenvalue weighted by Gasteiger charge is -2.17. The molecule has 2 heterocycles. The van der Waals surface area contributed by atoms with E-state index in [1.807, 2.05) is 13.0 Å². The lowest BCUT2D eigenvalue weighted by molar-refractivity contribution is -0.148. The summed E-state index contributed by atoms with van der Waals surface area (Å²) >= 11 is 1.24. The van der Waals surface area contributed by atoms with Crippen molar-refractivity contribution >= 4 is 33.3 Å². The van der Waals surface area contributed by atoms with Gasteiger partial charge in [0.05, 0.1) is 24.6 Å². The second-order valence-electron chi connectivity index (χ2n) is 8.76. The van der Waals surface area contributed by atoms with Gasteiger partial charge in [0.15, 0.2) is 5.78 Å². The summed E-state index contributed by atoms with van der Waals surface area (Å²) in [6, 6.07) is 11.3. The third-order valence-corrected chi connectivity index (χ3v) is 7.84. The summed E-state index contributed by atoms with van der Waals surface area (Å²) in [6.07, 6.45) is 0.610. The number of hydrogen-bond donors (Lipinski definition) is 0. The third kappa shape index (κ3) is 5.04. The number of aryl methyl sites for hydroxylation is 2.